The lowest BCUT2D eigenvalue weighted by Crippen LogP contribution is -2.39. The van der Waals surface area contributed by atoms with Crippen LogP contribution < -0.4 is 15.0 Å². The van der Waals surface area contributed by atoms with E-state index in [9.17, 15) is 26.4 Å². The van der Waals surface area contributed by atoms with Crippen molar-refractivity contribution in [3.05, 3.63) is 71.1 Å². The first-order valence-corrected chi connectivity index (χ1v) is 14.3. The van der Waals surface area contributed by atoms with E-state index in [1.165, 1.54) is 29.4 Å². The molecule has 0 unspecified atom stereocenters. The van der Waals surface area contributed by atoms with Gasteiger partial charge in [-0.25, -0.2) is 18.4 Å². The maximum absolute atomic E-state index is 13.0. The number of sulfone groups is 1. The predicted octanol–water partition coefficient (Wildman–Crippen LogP) is 5.02. The van der Waals surface area contributed by atoms with Gasteiger partial charge in [-0.3, -0.25) is 4.79 Å². The van der Waals surface area contributed by atoms with Gasteiger partial charge in [-0.1, -0.05) is 23.7 Å². The van der Waals surface area contributed by atoms with Crippen molar-refractivity contribution in [3.63, 3.8) is 0 Å². The van der Waals surface area contributed by atoms with Crippen LogP contribution in [-0.4, -0.2) is 67.9 Å². The van der Waals surface area contributed by atoms with Gasteiger partial charge in [0, 0.05) is 38.6 Å². The number of ether oxygens (including phenoxy) is 1. The van der Waals surface area contributed by atoms with E-state index in [0.29, 0.717) is 36.0 Å². The predicted molar refractivity (Wildman–Crippen MR) is 147 cm³/mol. The van der Waals surface area contributed by atoms with E-state index < -0.39 is 33.2 Å². The molecular formula is C26H25ClF3N5O4S. The summed E-state index contributed by atoms with van der Waals surface area (Å²) in [6, 6.07) is 9.22. The summed E-state index contributed by atoms with van der Waals surface area (Å²) in [7, 11) is -1.90. The topological polar surface area (TPSA) is 105 Å². The Labute approximate surface area is 234 Å². The fraction of sp³-hybridized carbons (Fsp3) is 0.269. The van der Waals surface area contributed by atoms with Crippen molar-refractivity contribution in [1.29, 1.82) is 0 Å². The van der Waals surface area contributed by atoms with Crippen molar-refractivity contribution in [3.8, 4) is 11.5 Å². The quantitative estimate of drug-likeness (QED) is 0.368. The van der Waals surface area contributed by atoms with E-state index in [1.807, 2.05) is 17.1 Å². The molecule has 3 aromatic rings. The molecule has 2 aromatic carbocycles. The molecule has 14 heteroatoms. The molecule has 1 N–H and O–H groups in total. The third kappa shape index (κ3) is 7.42. The SMILES string of the molecule is CN(CCN1CC=Cc2ncnc(Nc3ccc(Oc4cccc(C(F)(F)F)c4)c(Cl)c3)c21)C(=O)CS(C)(=O)=O. The van der Waals surface area contributed by atoms with Crippen LogP contribution in [0.4, 0.5) is 30.4 Å². The van der Waals surface area contributed by atoms with Gasteiger partial charge in [0.25, 0.3) is 0 Å². The molecule has 4 rings (SSSR count). The number of anilines is 3. The van der Waals surface area contributed by atoms with Gasteiger partial charge < -0.3 is 19.9 Å². The van der Waals surface area contributed by atoms with E-state index in [2.05, 4.69) is 15.3 Å². The molecule has 0 spiro atoms. The molecule has 40 heavy (non-hydrogen) atoms. The van der Waals surface area contributed by atoms with Crippen LogP contribution in [0.15, 0.2) is 54.9 Å². The average Bonchev–Trinajstić information content (AvgIpc) is 2.87. The molecule has 1 aliphatic heterocycles. The van der Waals surface area contributed by atoms with E-state index in [0.717, 1.165) is 18.4 Å². The molecule has 0 saturated heterocycles. The van der Waals surface area contributed by atoms with Gasteiger partial charge >= 0.3 is 6.18 Å². The standard InChI is InChI=1S/C26H25ClF3N5O4S/c1-34(23(36)15-40(2,37)38)11-12-35-10-4-7-21-24(35)25(32-16-31-21)33-18-8-9-22(20(27)14-18)39-19-6-3-5-17(13-19)26(28,29)30/h3-9,13-14,16H,10-12,15H2,1-2H3,(H,31,32,33). The van der Waals surface area contributed by atoms with E-state index >= 15 is 0 Å². The number of carbonyl (C=O) groups excluding carboxylic acids is 1. The zero-order valence-electron chi connectivity index (χ0n) is 21.4. The highest BCUT2D eigenvalue weighted by Gasteiger charge is 2.30. The molecule has 0 atom stereocenters. The Morgan fingerprint density at radius 2 is 1.98 bits per heavy atom. The smallest absolute Gasteiger partial charge is 0.416 e. The number of halogens is 4. The van der Waals surface area contributed by atoms with Crippen LogP contribution in [0.2, 0.25) is 5.02 Å². The lowest BCUT2D eigenvalue weighted by Gasteiger charge is -2.30. The third-order valence-electron chi connectivity index (χ3n) is 5.87. The lowest BCUT2D eigenvalue weighted by molar-refractivity contribution is -0.137. The molecule has 9 nitrogen and oxygen atoms in total. The van der Waals surface area contributed by atoms with Crippen molar-refractivity contribution in [2.45, 2.75) is 6.18 Å². The van der Waals surface area contributed by atoms with E-state index in [1.54, 1.807) is 19.2 Å². The second-order valence-corrected chi connectivity index (χ2v) is 11.6. The van der Waals surface area contributed by atoms with Gasteiger partial charge in [-0.05, 0) is 42.5 Å². The molecule has 0 radical (unpaired) electrons. The summed E-state index contributed by atoms with van der Waals surface area (Å²) in [6.07, 6.45) is 1.65. The zero-order valence-corrected chi connectivity index (χ0v) is 23.0. The Bertz CT molecular complexity index is 1550. The summed E-state index contributed by atoms with van der Waals surface area (Å²) in [4.78, 5) is 24.2. The highest BCUT2D eigenvalue weighted by atomic mass is 35.5. The molecule has 1 aliphatic rings. The third-order valence-corrected chi connectivity index (χ3v) is 6.94. The molecule has 212 valence electrons. The van der Waals surface area contributed by atoms with Crippen molar-refractivity contribution in [2.24, 2.45) is 0 Å². The first kappa shape index (κ1) is 29.2. The second-order valence-electron chi connectivity index (χ2n) is 9.09. The first-order valence-electron chi connectivity index (χ1n) is 11.9. The number of nitrogens with zero attached hydrogens (tertiary/aromatic N) is 4. The Hall–Kier alpha value is -3.84. The van der Waals surface area contributed by atoms with Gasteiger partial charge in [0.15, 0.2) is 15.7 Å². The van der Waals surface area contributed by atoms with Crippen LogP contribution in [0.25, 0.3) is 6.08 Å². The highest BCUT2D eigenvalue weighted by Crippen LogP contribution is 2.37. The summed E-state index contributed by atoms with van der Waals surface area (Å²) in [5.74, 6) is -0.445. The number of carbonyl (C=O) groups is 1. The van der Waals surface area contributed by atoms with Crippen LogP contribution >= 0.6 is 11.6 Å². The Morgan fingerprint density at radius 3 is 2.67 bits per heavy atom. The number of hydrogen-bond acceptors (Lipinski definition) is 8. The number of rotatable bonds is 9. The maximum Gasteiger partial charge on any atom is 0.416 e. The first-order chi connectivity index (χ1) is 18.8. The summed E-state index contributed by atoms with van der Waals surface area (Å²) < 4.78 is 67.6. The molecule has 2 heterocycles. The molecule has 0 saturated carbocycles. The second kappa shape index (κ2) is 11.7. The largest absolute Gasteiger partial charge is 0.456 e. The fourth-order valence-electron chi connectivity index (χ4n) is 3.89. The minimum absolute atomic E-state index is 0.00952. The number of amides is 1. The average molecular weight is 596 g/mol. The lowest BCUT2D eigenvalue weighted by atomic mass is 10.2. The van der Waals surface area contributed by atoms with Crippen molar-refractivity contribution >= 4 is 50.6 Å². The Balaban J connectivity index is 1.50. The highest BCUT2D eigenvalue weighted by molar-refractivity contribution is 7.91. The number of hydrogen-bond donors (Lipinski definition) is 1. The number of fused-ring (bicyclic) bond motifs is 1. The van der Waals surface area contributed by atoms with Gasteiger partial charge in [-0.15, -0.1) is 0 Å². The summed E-state index contributed by atoms with van der Waals surface area (Å²) >= 11 is 6.39. The van der Waals surface area contributed by atoms with E-state index in [-0.39, 0.29) is 23.1 Å². The number of nitrogens with one attached hydrogen (secondary N) is 1. The summed E-state index contributed by atoms with van der Waals surface area (Å²) in [5.41, 5.74) is 1.02. The van der Waals surface area contributed by atoms with Crippen molar-refractivity contribution in [1.82, 2.24) is 14.9 Å². The Morgan fingerprint density at radius 1 is 1.20 bits per heavy atom. The number of aromatic nitrogens is 2. The van der Waals surface area contributed by atoms with Crippen LogP contribution in [0.3, 0.4) is 0 Å². The molecule has 1 aromatic heterocycles. The minimum Gasteiger partial charge on any atom is -0.456 e. The van der Waals surface area contributed by atoms with Gasteiger partial charge in [-0.2, -0.15) is 13.2 Å². The Kier molecular flexibility index (Phi) is 8.54. The van der Waals surface area contributed by atoms with Crippen LogP contribution in [0.1, 0.15) is 11.3 Å². The normalized spacial score (nSPS) is 13.1. The number of likely N-dealkylation sites (N-methyl/N-ethyl adjacent to an activating group) is 1. The van der Waals surface area contributed by atoms with Crippen molar-refractivity contribution in [2.75, 3.05) is 48.9 Å². The van der Waals surface area contributed by atoms with Crippen LogP contribution in [0, 0.1) is 0 Å². The molecule has 0 fully saturated rings. The molecule has 0 bridgehead atoms. The number of benzene rings is 2. The summed E-state index contributed by atoms with van der Waals surface area (Å²) in [6.45, 7) is 1.16. The van der Waals surface area contributed by atoms with E-state index in [4.69, 9.17) is 16.3 Å². The summed E-state index contributed by atoms with van der Waals surface area (Å²) in [5, 5.41) is 3.35. The zero-order chi connectivity index (χ0) is 29.1. The monoisotopic (exact) mass is 595 g/mol. The molecule has 1 amide bonds. The van der Waals surface area contributed by atoms with Crippen LogP contribution in [-0.2, 0) is 20.8 Å². The van der Waals surface area contributed by atoms with Gasteiger partial charge in [0.2, 0.25) is 5.91 Å². The fourth-order valence-corrected chi connectivity index (χ4v) is 4.78. The van der Waals surface area contributed by atoms with Gasteiger partial charge in [0.05, 0.1) is 16.3 Å². The molecule has 0 aliphatic carbocycles. The molecular weight excluding hydrogens is 571 g/mol. The van der Waals surface area contributed by atoms with Gasteiger partial charge in [0.1, 0.15) is 29.3 Å². The minimum atomic E-state index is -4.50. The maximum atomic E-state index is 13.0. The van der Waals surface area contributed by atoms with Crippen molar-refractivity contribution < 1.29 is 31.1 Å². The van der Waals surface area contributed by atoms with Crippen LogP contribution in [0.5, 0.6) is 11.5 Å². The number of alkyl halides is 3.